The number of carbonyl (C=O) groups excluding carboxylic acids is 2. The highest BCUT2D eigenvalue weighted by atomic mass is 16.2. The fraction of sp³-hybridized carbons (Fsp3) is 0.278. The summed E-state index contributed by atoms with van der Waals surface area (Å²) in [5, 5.41) is 19.5. The van der Waals surface area contributed by atoms with Crippen LogP contribution in [-0.2, 0) is 9.59 Å². The molecule has 0 saturated heterocycles. The molecule has 138 valence electrons. The van der Waals surface area contributed by atoms with Gasteiger partial charge in [0.25, 0.3) is 0 Å². The Morgan fingerprint density at radius 1 is 1.22 bits per heavy atom. The van der Waals surface area contributed by atoms with Gasteiger partial charge < -0.3 is 15.0 Å². The zero-order valence-electron chi connectivity index (χ0n) is 14.8. The molecule has 1 N–H and O–H groups in total. The van der Waals surface area contributed by atoms with E-state index in [2.05, 4.69) is 30.7 Å². The highest BCUT2D eigenvalue weighted by molar-refractivity contribution is 5.92. The normalized spacial score (nSPS) is 15.2. The van der Waals surface area contributed by atoms with Gasteiger partial charge in [0.15, 0.2) is 5.82 Å². The Kier molecular flexibility index (Phi) is 5.93. The first-order valence-corrected chi connectivity index (χ1v) is 8.52. The van der Waals surface area contributed by atoms with Crippen LogP contribution in [0.1, 0.15) is 31.1 Å². The standard InChI is InChI=1S/C18H19N7O2/c1-25(16(27)7-3-5-11-26)13-8-9-15(20-12-13)18-23-21-17(22-24-18)14-6-2-4-10-19-14/h2,4,6,8-12,14,19H,3,5,7H2,1H3. The Hall–Kier alpha value is -3.49. The molecular weight excluding hydrogens is 346 g/mol. The van der Waals surface area contributed by atoms with Crippen LogP contribution in [-0.4, -0.2) is 44.6 Å². The summed E-state index contributed by atoms with van der Waals surface area (Å²) in [6.07, 6.45) is 11.1. The topological polar surface area (TPSA) is 114 Å². The predicted molar refractivity (Wildman–Crippen MR) is 98.3 cm³/mol. The molecule has 0 aromatic carbocycles. The van der Waals surface area contributed by atoms with E-state index in [1.54, 1.807) is 31.6 Å². The van der Waals surface area contributed by atoms with Crippen LogP contribution >= 0.6 is 0 Å². The van der Waals surface area contributed by atoms with E-state index in [1.165, 1.54) is 4.90 Å². The first-order valence-electron chi connectivity index (χ1n) is 8.52. The molecule has 27 heavy (non-hydrogen) atoms. The summed E-state index contributed by atoms with van der Waals surface area (Å²) in [5.41, 5.74) is 1.16. The van der Waals surface area contributed by atoms with Crippen molar-refractivity contribution in [1.29, 1.82) is 0 Å². The minimum absolute atomic E-state index is 0.0718. The molecule has 0 radical (unpaired) electrons. The maximum Gasteiger partial charge on any atom is 0.226 e. The number of unbranched alkanes of at least 4 members (excludes halogenated alkanes) is 1. The van der Waals surface area contributed by atoms with Gasteiger partial charge in [-0.15, -0.1) is 20.4 Å². The Morgan fingerprint density at radius 3 is 2.67 bits per heavy atom. The molecule has 1 aliphatic rings. The second kappa shape index (κ2) is 8.75. The van der Waals surface area contributed by atoms with Gasteiger partial charge in [-0.25, -0.2) is 0 Å². The number of anilines is 1. The third-order valence-corrected chi connectivity index (χ3v) is 4.01. The van der Waals surface area contributed by atoms with Gasteiger partial charge in [0.2, 0.25) is 11.7 Å². The number of aromatic nitrogens is 5. The van der Waals surface area contributed by atoms with Crippen LogP contribution in [0.3, 0.4) is 0 Å². The number of rotatable bonds is 7. The highest BCUT2D eigenvalue weighted by Crippen LogP contribution is 2.18. The van der Waals surface area contributed by atoms with E-state index in [0.29, 0.717) is 42.3 Å². The molecule has 0 fully saturated rings. The van der Waals surface area contributed by atoms with E-state index < -0.39 is 0 Å². The van der Waals surface area contributed by atoms with Crippen molar-refractivity contribution in [1.82, 2.24) is 30.7 Å². The summed E-state index contributed by atoms with van der Waals surface area (Å²) < 4.78 is 0. The second-order valence-corrected chi connectivity index (χ2v) is 5.88. The molecule has 3 heterocycles. The first-order chi connectivity index (χ1) is 13.2. The fourth-order valence-electron chi connectivity index (χ4n) is 2.44. The quantitative estimate of drug-likeness (QED) is 0.578. The second-order valence-electron chi connectivity index (χ2n) is 5.88. The number of carbonyl (C=O) groups is 2. The van der Waals surface area contributed by atoms with Crippen LogP contribution < -0.4 is 10.2 Å². The summed E-state index contributed by atoms with van der Waals surface area (Å²) in [6.45, 7) is 0. The van der Waals surface area contributed by atoms with Crippen molar-refractivity contribution in [2.75, 3.05) is 11.9 Å². The Balaban J connectivity index is 1.66. The summed E-state index contributed by atoms with van der Waals surface area (Å²) in [6, 6.07) is 3.32. The molecule has 2 aromatic rings. The van der Waals surface area contributed by atoms with Crippen molar-refractivity contribution in [3.8, 4) is 11.5 Å². The summed E-state index contributed by atoms with van der Waals surface area (Å²) >= 11 is 0. The minimum Gasteiger partial charge on any atom is -0.378 e. The lowest BCUT2D eigenvalue weighted by Crippen LogP contribution is -2.26. The molecule has 0 spiro atoms. The number of allylic oxidation sites excluding steroid dienone is 2. The van der Waals surface area contributed by atoms with Gasteiger partial charge in [-0.3, -0.25) is 9.78 Å². The monoisotopic (exact) mass is 365 g/mol. The van der Waals surface area contributed by atoms with Crippen molar-refractivity contribution in [2.45, 2.75) is 25.3 Å². The van der Waals surface area contributed by atoms with E-state index in [1.807, 2.05) is 18.2 Å². The zero-order valence-corrected chi connectivity index (χ0v) is 14.8. The average molecular weight is 365 g/mol. The highest BCUT2D eigenvalue weighted by Gasteiger charge is 2.15. The maximum absolute atomic E-state index is 12.1. The summed E-state index contributed by atoms with van der Waals surface area (Å²) in [7, 11) is 1.67. The molecule has 9 heteroatoms. The van der Waals surface area contributed by atoms with Gasteiger partial charge in [-0.1, -0.05) is 12.2 Å². The van der Waals surface area contributed by atoms with E-state index in [4.69, 9.17) is 0 Å². The number of amides is 1. The zero-order chi connectivity index (χ0) is 19.1. The van der Waals surface area contributed by atoms with Gasteiger partial charge in [0.1, 0.15) is 18.0 Å². The van der Waals surface area contributed by atoms with Gasteiger partial charge in [-0.2, -0.15) is 0 Å². The van der Waals surface area contributed by atoms with Crippen molar-refractivity contribution in [2.24, 2.45) is 0 Å². The lowest BCUT2D eigenvalue weighted by atomic mass is 10.2. The molecule has 2 aromatic heterocycles. The van der Waals surface area contributed by atoms with Crippen LogP contribution in [0, 0.1) is 0 Å². The molecule has 3 rings (SSSR count). The van der Waals surface area contributed by atoms with Crippen molar-refractivity contribution in [3.05, 3.63) is 48.6 Å². The molecule has 1 aliphatic heterocycles. The SMILES string of the molecule is CN(C(=O)CCCC=O)c1ccc(-c2nnc(C3C=CC=CN3)nn2)nc1. The lowest BCUT2D eigenvalue weighted by molar-refractivity contribution is -0.118. The number of hydrogen-bond donors (Lipinski definition) is 1. The molecule has 9 nitrogen and oxygen atoms in total. The van der Waals surface area contributed by atoms with Crippen LogP contribution in [0.25, 0.3) is 11.5 Å². The molecule has 1 unspecified atom stereocenters. The number of nitrogens with zero attached hydrogens (tertiary/aromatic N) is 6. The van der Waals surface area contributed by atoms with Gasteiger partial charge >= 0.3 is 0 Å². The average Bonchev–Trinajstić information content (AvgIpc) is 2.74. The van der Waals surface area contributed by atoms with E-state index in [-0.39, 0.29) is 11.9 Å². The molecule has 0 aliphatic carbocycles. The van der Waals surface area contributed by atoms with Gasteiger partial charge in [0, 0.05) is 19.9 Å². The van der Waals surface area contributed by atoms with E-state index in [0.717, 1.165) is 6.29 Å². The van der Waals surface area contributed by atoms with Crippen molar-refractivity contribution >= 4 is 17.9 Å². The number of aldehydes is 1. The molecule has 0 bridgehead atoms. The summed E-state index contributed by atoms with van der Waals surface area (Å²) in [5.74, 6) is 0.703. The predicted octanol–water partition coefficient (Wildman–Crippen LogP) is 1.37. The van der Waals surface area contributed by atoms with Crippen LogP contribution in [0.2, 0.25) is 0 Å². The number of hydrogen-bond acceptors (Lipinski definition) is 8. The number of dihydropyridines is 1. The first kappa shape index (κ1) is 18.3. The third-order valence-electron chi connectivity index (χ3n) is 4.01. The summed E-state index contributed by atoms with van der Waals surface area (Å²) in [4.78, 5) is 28.2. The number of pyridine rings is 1. The lowest BCUT2D eigenvalue weighted by Gasteiger charge is -2.16. The molecule has 1 atom stereocenters. The van der Waals surface area contributed by atoms with Crippen molar-refractivity contribution < 1.29 is 9.59 Å². The van der Waals surface area contributed by atoms with Gasteiger partial charge in [-0.05, 0) is 30.8 Å². The van der Waals surface area contributed by atoms with E-state index >= 15 is 0 Å². The van der Waals surface area contributed by atoms with Crippen LogP contribution in [0.4, 0.5) is 5.69 Å². The van der Waals surface area contributed by atoms with Crippen LogP contribution in [0.15, 0.2) is 42.8 Å². The Labute approximate surface area is 156 Å². The Morgan fingerprint density at radius 2 is 2.04 bits per heavy atom. The minimum atomic E-state index is -0.154. The molecular formula is C18H19N7O2. The Bertz CT molecular complexity index is 847. The molecule has 1 amide bonds. The fourth-order valence-corrected chi connectivity index (χ4v) is 2.44. The van der Waals surface area contributed by atoms with Crippen LogP contribution in [0.5, 0.6) is 0 Å². The maximum atomic E-state index is 12.1. The molecule has 0 saturated carbocycles. The van der Waals surface area contributed by atoms with Crippen molar-refractivity contribution in [3.63, 3.8) is 0 Å². The number of nitrogens with one attached hydrogen (secondary N) is 1. The third kappa shape index (κ3) is 4.57. The van der Waals surface area contributed by atoms with Gasteiger partial charge in [0.05, 0.1) is 11.9 Å². The largest absolute Gasteiger partial charge is 0.378 e. The smallest absolute Gasteiger partial charge is 0.226 e. The van der Waals surface area contributed by atoms with E-state index in [9.17, 15) is 9.59 Å².